The lowest BCUT2D eigenvalue weighted by Gasteiger charge is -2.14. The summed E-state index contributed by atoms with van der Waals surface area (Å²) in [6.45, 7) is 2.11. The molecule has 7 nitrogen and oxygen atoms in total. The lowest BCUT2D eigenvalue weighted by Crippen LogP contribution is -2.34. The largest absolute Gasteiger partial charge is 0.497 e. The van der Waals surface area contributed by atoms with Crippen molar-refractivity contribution < 1.29 is 19.4 Å². The van der Waals surface area contributed by atoms with E-state index in [9.17, 15) is 14.7 Å². The van der Waals surface area contributed by atoms with E-state index >= 15 is 0 Å². The van der Waals surface area contributed by atoms with Gasteiger partial charge >= 0.3 is 0 Å². The summed E-state index contributed by atoms with van der Waals surface area (Å²) in [4.78, 5) is 24.4. The molecule has 0 saturated carbocycles. The second kappa shape index (κ2) is 10.0. The first-order chi connectivity index (χ1) is 14.0. The Kier molecular flexibility index (Phi) is 7.21. The number of nitrogens with one attached hydrogen (secondary N) is 3. The average Bonchev–Trinajstić information content (AvgIpc) is 3.16. The summed E-state index contributed by atoms with van der Waals surface area (Å²) >= 11 is 0. The van der Waals surface area contributed by atoms with E-state index in [-0.39, 0.29) is 17.7 Å². The molecular weight excluding hydrogens is 370 g/mol. The first-order valence-corrected chi connectivity index (χ1v) is 9.70. The minimum Gasteiger partial charge on any atom is -0.497 e. The Labute approximate surface area is 170 Å². The summed E-state index contributed by atoms with van der Waals surface area (Å²) in [5.74, 6) is 0.563. The summed E-state index contributed by atoms with van der Waals surface area (Å²) in [5.41, 5.74) is 2.39. The standard InChI is InChI=1S/C22H27N3O4/c1-29-19-8-4-15(5-9-19)10-21(27)24-11-16-2-6-17(7-3-16)22(28)25-13-18-12-23-14-20(18)26/h2-9,18,20,23,26H,10-14H2,1H3,(H,24,27)(H,25,28). The lowest BCUT2D eigenvalue weighted by molar-refractivity contribution is -0.120. The smallest absolute Gasteiger partial charge is 0.251 e. The predicted molar refractivity (Wildman–Crippen MR) is 110 cm³/mol. The van der Waals surface area contributed by atoms with E-state index in [0.717, 1.165) is 16.9 Å². The van der Waals surface area contributed by atoms with Crippen molar-refractivity contribution in [1.29, 1.82) is 0 Å². The second-order valence-electron chi connectivity index (χ2n) is 7.19. The van der Waals surface area contributed by atoms with Crippen molar-refractivity contribution in [2.24, 2.45) is 5.92 Å². The zero-order valence-electron chi connectivity index (χ0n) is 16.5. The number of carbonyl (C=O) groups excluding carboxylic acids is 2. The molecule has 3 rings (SSSR count). The van der Waals surface area contributed by atoms with Crippen LogP contribution in [0.25, 0.3) is 0 Å². The minimum atomic E-state index is -0.417. The van der Waals surface area contributed by atoms with Crippen LogP contribution in [0, 0.1) is 5.92 Å². The van der Waals surface area contributed by atoms with Gasteiger partial charge in [0.25, 0.3) is 5.91 Å². The molecule has 0 radical (unpaired) electrons. The Bertz CT molecular complexity index is 821. The van der Waals surface area contributed by atoms with Crippen molar-refractivity contribution in [2.75, 3.05) is 26.7 Å². The van der Waals surface area contributed by atoms with Crippen molar-refractivity contribution in [1.82, 2.24) is 16.0 Å². The number of ether oxygens (including phenoxy) is 1. The van der Waals surface area contributed by atoms with E-state index in [1.165, 1.54) is 0 Å². The Morgan fingerprint density at radius 3 is 2.34 bits per heavy atom. The maximum absolute atomic E-state index is 12.2. The molecule has 1 fully saturated rings. The van der Waals surface area contributed by atoms with Crippen LogP contribution in [0.4, 0.5) is 0 Å². The maximum atomic E-state index is 12.2. The van der Waals surface area contributed by atoms with Gasteiger partial charge in [0.05, 0.1) is 19.6 Å². The van der Waals surface area contributed by atoms with Gasteiger partial charge in [-0.05, 0) is 35.4 Å². The summed E-state index contributed by atoms with van der Waals surface area (Å²) < 4.78 is 5.11. The van der Waals surface area contributed by atoms with Gasteiger partial charge in [0.2, 0.25) is 5.91 Å². The van der Waals surface area contributed by atoms with Gasteiger partial charge in [-0.2, -0.15) is 0 Å². The van der Waals surface area contributed by atoms with Gasteiger partial charge in [-0.25, -0.2) is 0 Å². The molecule has 1 heterocycles. The fraction of sp³-hybridized carbons (Fsp3) is 0.364. The second-order valence-corrected chi connectivity index (χ2v) is 7.19. The zero-order chi connectivity index (χ0) is 20.6. The highest BCUT2D eigenvalue weighted by atomic mass is 16.5. The zero-order valence-corrected chi connectivity index (χ0v) is 16.5. The number of aliphatic hydroxyl groups excluding tert-OH is 1. The number of benzene rings is 2. The van der Waals surface area contributed by atoms with Crippen LogP contribution in [-0.4, -0.2) is 49.8 Å². The van der Waals surface area contributed by atoms with Gasteiger partial charge in [-0.3, -0.25) is 9.59 Å². The van der Waals surface area contributed by atoms with Gasteiger partial charge < -0.3 is 25.8 Å². The molecule has 29 heavy (non-hydrogen) atoms. The number of rotatable bonds is 8. The molecule has 0 aliphatic carbocycles. The molecule has 2 aromatic carbocycles. The van der Waals surface area contributed by atoms with Crippen molar-refractivity contribution in [3.05, 3.63) is 65.2 Å². The molecule has 7 heteroatoms. The van der Waals surface area contributed by atoms with E-state index in [1.54, 1.807) is 19.2 Å². The molecule has 2 aromatic rings. The first kappa shape index (κ1) is 20.8. The Morgan fingerprint density at radius 2 is 1.72 bits per heavy atom. The van der Waals surface area contributed by atoms with Crippen LogP contribution in [0.5, 0.6) is 5.75 Å². The lowest BCUT2D eigenvalue weighted by atomic mass is 10.1. The molecule has 0 aromatic heterocycles. The number of hydrogen-bond donors (Lipinski definition) is 4. The molecule has 2 amide bonds. The van der Waals surface area contributed by atoms with Crippen LogP contribution >= 0.6 is 0 Å². The Morgan fingerprint density at radius 1 is 1.03 bits per heavy atom. The van der Waals surface area contributed by atoms with Crippen molar-refractivity contribution in [2.45, 2.75) is 19.1 Å². The molecule has 2 atom stereocenters. The third kappa shape index (κ3) is 6.04. The maximum Gasteiger partial charge on any atom is 0.251 e. The van der Waals surface area contributed by atoms with E-state index in [0.29, 0.717) is 38.2 Å². The third-order valence-corrected chi connectivity index (χ3v) is 5.06. The van der Waals surface area contributed by atoms with E-state index in [4.69, 9.17) is 4.74 Å². The molecule has 0 spiro atoms. The molecule has 154 valence electrons. The summed E-state index contributed by atoms with van der Waals surface area (Å²) in [6.07, 6.45) is -0.119. The highest BCUT2D eigenvalue weighted by molar-refractivity contribution is 5.94. The quantitative estimate of drug-likeness (QED) is 0.530. The molecule has 4 N–H and O–H groups in total. The molecular formula is C22H27N3O4. The van der Waals surface area contributed by atoms with Crippen LogP contribution in [-0.2, 0) is 17.8 Å². The van der Waals surface area contributed by atoms with Gasteiger partial charge in [0.15, 0.2) is 0 Å². The molecule has 1 saturated heterocycles. The van der Waals surface area contributed by atoms with Crippen LogP contribution in [0.2, 0.25) is 0 Å². The highest BCUT2D eigenvalue weighted by Gasteiger charge is 2.25. The number of hydrogen-bond acceptors (Lipinski definition) is 5. The van der Waals surface area contributed by atoms with Crippen LogP contribution in [0.15, 0.2) is 48.5 Å². The Hall–Kier alpha value is -2.90. The van der Waals surface area contributed by atoms with Crippen LogP contribution in [0.1, 0.15) is 21.5 Å². The van der Waals surface area contributed by atoms with Gasteiger partial charge in [0.1, 0.15) is 5.75 Å². The number of amides is 2. The fourth-order valence-electron chi connectivity index (χ4n) is 3.22. The number of methoxy groups -OCH3 is 1. The van der Waals surface area contributed by atoms with E-state index in [1.807, 2.05) is 36.4 Å². The molecule has 1 aliphatic heterocycles. The topological polar surface area (TPSA) is 99.7 Å². The Balaban J connectivity index is 1.43. The summed E-state index contributed by atoms with van der Waals surface area (Å²) in [6, 6.07) is 14.5. The number of carbonyl (C=O) groups is 2. The number of aliphatic hydroxyl groups is 1. The van der Waals surface area contributed by atoms with Crippen molar-refractivity contribution in [3.8, 4) is 5.75 Å². The average molecular weight is 397 g/mol. The predicted octanol–water partition coefficient (Wildman–Crippen LogP) is 0.864. The van der Waals surface area contributed by atoms with Crippen molar-refractivity contribution >= 4 is 11.8 Å². The third-order valence-electron chi connectivity index (χ3n) is 5.06. The van der Waals surface area contributed by atoms with Crippen molar-refractivity contribution in [3.63, 3.8) is 0 Å². The first-order valence-electron chi connectivity index (χ1n) is 9.70. The normalized spacial score (nSPS) is 18.3. The van der Waals surface area contributed by atoms with Crippen LogP contribution in [0.3, 0.4) is 0 Å². The highest BCUT2D eigenvalue weighted by Crippen LogP contribution is 2.12. The molecule has 0 bridgehead atoms. The SMILES string of the molecule is COc1ccc(CC(=O)NCc2ccc(C(=O)NCC3CNCC3O)cc2)cc1. The molecule has 2 unspecified atom stereocenters. The van der Waals surface area contributed by atoms with Gasteiger partial charge in [-0.15, -0.1) is 0 Å². The monoisotopic (exact) mass is 397 g/mol. The number of β-amino-alcohol motifs (C(OH)–C–C–N with tert-alkyl or cyclic N) is 1. The van der Waals surface area contributed by atoms with Crippen LogP contribution < -0.4 is 20.7 Å². The minimum absolute atomic E-state index is 0.0409. The van der Waals surface area contributed by atoms with Gasteiger partial charge in [0, 0.05) is 37.7 Å². The fourth-order valence-corrected chi connectivity index (χ4v) is 3.22. The summed E-state index contributed by atoms with van der Waals surface area (Å²) in [5, 5.41) is 18.6. The van der Waals surface area contributed by atoms with E-state index in [2.05, 4.69) is 16.0 Å². The molecule has 1 aliphatic rings. The van der Waals surface area contributed by atoms with Gasteiger partial charge in [-0.1, -0.05) is 24.3 Å². The summed E-state index contributed by atoms with van der Waals surface area (Å²) in [7, 11) is 1.61. The van der Waals surface area contributed by atoms with E-state index < -0.39 is 6.10 Å².